The van der Waals surface area contributed by atoms with Gasteiger partial charge in [-0.1, -0.05) is 25.1 Å². The van der Waals surface area contributed by atoms with Crippen LogP contribution in [-0.2, 0) is 0 Å². The van der Waals surface area contributed by atoms with Crippen LogP contribution < -0.4 is 9.47 Å². The van der Waals surface area contributed by atoms with E-state index in [1.165, 1.54) is 32.4 Å². The van der Waals surface area contributed by atoms with Crippen LogP contribution >= 0.6 is 11.8 Å². The van der Waals surface area contributed by atoms with Gasteiger partial charge < -0.3 is 14.4 Å². The second-order valence-electron chi connectivity index (χ2n) is 7.48. The van der Waals surface area contributed by atoms with E-state index in [1.807, 2.05) is 41.1 Å². The van der Waals surface area contributed by atoms with E-state index in [9.17, 15) is 0 Å². The SMILES string of the molecule is CCSc1nc(-c2ccc(OCCCN3CCCCC3)c(OC)c2)cc2nccn12. The van der Waals surface area contributed by atoms with Gasteiger partial charge in [0.2, 0.25) is 0 Å². The van der Waals surface area contributed by atoms with Gasteiger partial charge in [-0.05, 0) is 56.3 Å². The van der Waals surface area contributed by atoms with Crippen molar-refractivity contribution in [3.05, 3.63) is 36.7 Å². The Morgan fingerprint density at radius 2 is 1.97 bits per heavy atom. The smallest absolute Gasteiger partial charge is 0.174 e. The minimum absolute atomic E-state index is 0.696. The van der Waals surface area contributed by atoms with Crippen molar-refractivity contribution >= 4 is 17.4 Å². The summed E-state index contributed by atoms with van der Waals surface area (Å²) in [5.74, 6) is 2.47. The molecule has 4 rings (SSSR count). The van der Waals surface area contributed by atoms with Gasteiger partial charge >= 0.3 is 0 Å². The number of aromatic nitrogens is 3. The van der Waals surface area contributed by atoms with E-state index in [-0.39, 0.29) is 0 Å². The lowest BCUT2D eigenvalue weighted by atomic mass is 10.1. The number of ether oxygens (including phenoxy) is 2. The number of nitrogens with zero attached hydrogens (tertiary/aromatic N) is 4. The van der Waals surface area contributed by atoms with Crippen LogP contribution in [0.3, 0.4) is 0 Å². The summed E-state index contributed by atoms with van der Waals surface area (Å²) in [5, 5.41) is 0.944. The second-order valence-corrected chi connectivity index (χ2v) is 8.71. The molecule has 0 aliphatic carbocycles. The molecule has 1 fully saturated rings. The normalized spacial score (nSPS) is 14.9. The highest BCUT2D eigenvalue weighted by atomic mass is 32.2. The predicted octanol–water partition coefficient (Wildman–Crippen LogP) is 4.77. The molecular formula is C23H30N4O2S. The third-order valence-corrected chi connectivity index (χ3v) is 6.25. The monoisotopic (exact) mass is 426 g/mol. The number of methoxy groups -OCH3 is 1. The Kier molecular flexibility index (Phi) is 7.12. The van der Waals surface area contributed by atoms with Crippen LogP contribution in [0.5, 0.6) is 11.5 Å². The van der Waals surface area contributed by atoms with Gasteiger partial charge in [0, 0.05) is 30.6 Å². The third-order valence-electron chi connectivity index (χ3n) is 5.42. The van der Waals surface area contributed by atoms with Crippen LogP contribution in [0.15, 0.2) is 41.8 Å². The first-order chi connectivity index (χ1) is 14.8. The maximum Gasteiger partial charge on any atom is 0.174 e. The molecule has 0 spiro atoms. The third kappa shape index (κ3) is 4.90. The summed E-state index contributed by atoms with van der Waals surface area (Å²) in [5.41, 5.74) is 2.78. The summed E-state index contributed by atoms with van der Waals surface area (Å²) in [7, 11) is 1.68. The molecule has 160 valence electrons. The van der Waals surface area contributed by atoms with Gasteiger partial charge in [0.1, 0.15) is 5.65 Å². The van der Waals surface area contributed by atoms with Crippen molar-refractivity contribution in [1.82, 2.24) is 19.3 Å². The minimum Gasteiger partial charge on any atom is -0.493 e. The van der Waals surface area contributed by atoms with Crippen LogP contribution in [0, 0.1) is 0 Å². The number of piperidine rings is 1. The lowest BCUT2D eigenvalue weighted by Crippen LogP contribution is -2.31. The molecule has 0 N–H and O–H groups in total. The molecule has 3 aromatic rings. The zero-order valence-electron chi connectivity index (χ0n) is 17.8. The Hall–Kier alpha value is -2.25. The standard InChI is InChI=1S/C23H30N4O2S/c1-3-30-23-25-19(17-22-24-10-14-27(22)23)18-8-9-20(21(16-18)28-2)29-15-7-13-26-11-5-4-6-12-26/h8-10,14,16-17H,3-7,11-13,15H2,1-2H3. The van der Waals surface area contributed by atoms with Crippen LogP contribution in [0.4, 0.5) is 0 Å². The molecule has 1 aliphatic heterocycles. The molecule has 3 heterocycles. The number of fused-ring (bicyclic) bond motifs is 1. The molecule has 0 atom stereocenters. The number of benzene rings is 1. The van der Waals surface area contributed by atoms with E-state index in [2.05, 4.69) is 16.8 Å². The molecule has 0 bridgehead atoms. The highest BCUT2D eigenvalue weighted by Crippen LogP contribution is 2.33. The molecule has 0 radical (unpaired) electrons. The first-order valence-electron chi connectivity index (χ1n) is 10.8. The fraction of sp³-hybridized carbons (Fsp3) is 0.478. The molecule has 1 aromatic carbocycles. The lowest BCUT2D eigenvalue weighted by Gasteiger charge is -2.26. The summed E-state index contributed by atoms with van der Waals surface area (Å²) in [6, 6.07) is 8.04. The summed E-state index contributed by atoms with van der Waals surface area (Å²) in [6.45, 7) is 6.38. The summed E-state index contributed by atoms with van der Waals surface area (Å²) in [4.78, 5) is 11.8. The summed E-state index contributed by atoms with van der Waals surface area (Å²) < 4.78 is 13.7. The predicted molar refractivity (Wildman–Crippen MR) is 122 cm³/mol. The molecule has 0 unspecified atom stereocenters. The number of likely N-dealkylation sites (tertiary alicyclic amines) is 1. The van der Waals surface area contributed by atoms with Gasteiger partial charge in [0.15, 0.2) is 16.7 Å². The average molecular weight is 427 g/mol. The van der Waals surface area contributed by atoms with E-state index >= 15 is 0 Å². The molecule has 1 aliphatic rings. The molecule has 0 saturated carbocycles. The van der Waals surface area contributed by atoms with Gasteiger partial charge in [-0.25, -0.2) is 9.97 Å². The number of thioether (sulfide) groups is 1. The number of hydrogen-bond acceptors (Lipinski definition) is 6. The fourth-order valence-corrected chi connectivity index (χ4v) is 4.59. The van der Waals surface area contributed by atoms with Crippen LogP contribution in [0.25, 0.3) is 16.9 Å². The number of rotatable bonds is 9. The topological polar surface area (TPSA) is 51.9 Å². The first kappa shape index (κ1) is 21.0. The van der Waals surface area contributed by atoms with Crippen molar-refractivity contribution in [3.8, 4) is 22.8 Å². The van der Waals surface area contributed by atoms with Gasteiger partial charge in [0.05, 0.1) is 19.4 Å². The van der Waals surface area contributed by atoms with Crippen LogP contribution in [0.1, 0.15) is 32.6 Å². The Bertz CT molecular complexity index is 969. The number of imidazole rings is 1. The summed E-state index contributed by atoms with van der Waals surface area (Å²) in [6.07, 6.45) is 8.81. The van der Waals surface area contributed by atoms with E-state index in [1.54, 1.807) is 18.9 Å². The van der Waals surface area contributed by atoms with Crippen molar-refractivity contribution in [3.63, 3.8) is 0 Å². The highest BCUT2D eigenvalue weighted by Gasteiger charge is 2.13. The van der Waals surface area contributed by atoms with Crippen LogP contribution in [-0.4, -0.2) is 58.4 Å². The number of hydrogen-bond donors (Lipinski definition) is 0. The fourth-order valence-electron chi connectivity index (χ4n) is 3.87. The molecule has 1 saturated heterocycles. The van der Waals surface area contributed by atoms with Crippen molar-refractivity contribution in [2.45, 2.75) is 37.8 Å². The summed E-state index contributed by atoms with van der Waals surface area (Å²) >= 11 is 1.71. The Morgan fingerprint density at radius 3 is 2.77 bits per heavy atom. The molecule has 6 nitrogen and oxygen atoms in total. The van der Waals surface area contributed by atoms with Crippen LogP contribution in [0.2, 0.25) is 0 Å². The molecule has 30 heavy (non-hydrogen) atoms. The van der Waals surface area contributed by atoms with Gasteiger partial charge in [0.25, 0.3) is 0 Å². The van der Waals surface area contributed by atoms with Gasteiger partial charge in [-0.15, -0.1) is 0 Å². The molecule has 7 heteroatoms. The van der Waals surface area contributed by atoms with E-state index < -0.39 is 0 Å². The van der Waals surface area contributed by atoms with E-state index in [0.717, 1.165) is 52.3 Å². The Balaban J connectivity index is 1.46. The average Bonchev–Trinajstić information content (AvgIpc) is 3.27. The maximum absolute atomic E-state index is 6.04. The highest BCUT2D eigenvalue weighted by molar-refractivity contribution is 7.99. The molecule has 0 amide bonds. The quantitative estimate of drug-likeness (QED) is 0.279. The Morgan fingerprint density at radius 1 is 1.10 bits per heavy atom. The van der Waals surface area contributed by atoms with Crippen molar-refractivity contribution in [1.29, 1.82) is 0 Å². The minimum atomic E-state index is 0.696. The molecule has 2 aromatic heterocycles. The second kappa shape index (κ2) is 10.2. The van der Waals surface area contributed by atoms with E-state index in [4.69, 9.17) is 14.5 Å². The van der Waals surface area contributed by atoms with E-state index in [0.29, 0.717) is 6.61 Å². The van der Waals surface area contributed by atoms with Gasteiger partial charge in [-0.2, -0.15) is 0 Å². The zero-order valence-corrected chi connectivity index (χ0v) is 18.7. The zero-order chi connectivity index (χ0) is 20.8. The Labute approximate surface area is 182 Å². The van der Waals surface area contributed by atoms with Crippen molar-refractivity contribution in [2.75, 3.05) is 39.1 Å². The van der Waals surface area contributed by atoms with Crippen molar-refractivity contribution < 1.29 is 9.47 Å². The van der Waals surface area contributed by atoms with Crippen molar-refractivity contribution in [2.24, 2.45) is 0 Å². The first-order valence-corrected chi connectivity index (χ1v) is 11.8. The molecular weight excluding hydrogens is 396 g/mol. The largest absolute Gasteiger partial charge is 0.493 e. The maximum atomic E-state index is 6.04. The van der Waals surface area contributed by atoms with Gasteiger partial charge in [-0.3, -0.25) is 4.40 Å². The lowest BCUT2D eigenvalue weighted by molar-refractivity contribution is 0.203.